The zero-order valence-electron chi connectivity index (χ0n) is 16.5. The normalized spacial score (nSPS) is 11.9. The van der Waals surface area contributed by atoms with Crippen LogP contribution in [0.2, 0.25) is 0 Å². The second-order valence-electron chi connectivity index (χ2n) is 6.71. The summed E-state index contributed by atoms with van der Waals surface area (Å²) in [4.78, 5) is 21.2. The minimum absolute atomic E-state index is 0.164. The molecule has 2 aromatic carbocycles. The van der Waals surface area contributed by atoms with Gasteiger partial charge in [0, 0.05) is 29.7 Å². The lowest BCUT2D eigenvalue weighted by Crippen LogP contribution is -2.11. The SMILES string of the molecule is Cc1nc(Oc2ccc(NC(=O)c3ccc4c(c3)OCO4)cc2)cc(-n2cccn2)n1. The van der Waals surface area contributed by atoms with E-state index in [1.807, 2.05) is 6.07 Å². The predicted octanol–water partition coefficient (Wildman–Crippen LogP) is 3.74. The molecule has 2 aromatic heterocycles. The fourth-order valence-electron chi connectivity index (χ4n) is 3.07. The third-order valence-corrected chi connectivity index (χ3v) is 4.51. The van der Waals surface area contributed by atoms with Gasteiger partial charge in [0.2, 0.25) is 12.7 Å². The van der Waals surface area contributed by atoms with Gasteiger partial charge < -0.3 is 19.5 Å². The average Bonchev–Trinajstić information content (AvgIpc) is 3.46. The third-order valence-electron chi connectivity index (χ3n) is 4.51. The first kappa shape index (κ1) is 18.6. The van der Waals surface area contributed by atoms with Crippen molar-refractivity contribution in [2.45, 2.75) is 6.92 Å². The molecular weight excluding hydrogens is 398 g/mol. The maximum absolute atomic E-state index is 12.5. The zero-order valence-corrected chi connectivity index (χ0v) is 16.5. The van der Waals surface area contributed by atoms with Crippen LogP contribution in [0.15, 0.2) is 67.0 Å². The highest BCUT2D eigenvalue weighted by atomic mass is 16.7. The number of amides is 1. The van der Waals surface area contributed by atoms with Crippen LogP contribution < -0.4 is 19.5 Å². The molecule has 0 unspecified atom stereocenters. The van der Waals surface area contributed by atoms with Crippen molar-refractivity contribution in [3.8, 4) is 28.9 Å². The Hall–Kier alpha value is -4.40. The molecule has 1 N–H and O–H groups in total. The summed E-state index contributed by atoms with van der Waals surface area (Å²) in [5.74, 6) is 3.10. The molecule has 9 heteroatoms. The van der Waals surface area contributed by atoms with E-state index in [4.69, 9.17) is 14.2 Å². The van der Waals surface area contributed by atoms with Crippen LogP contribution in [-0.2, 0) is 0 Å². The summed E-state index contributed by atoms with van der Waals surface area (Å²) < 4.78 is 18.1. The Bertz CT molecular complexity index is 1240. The van der Waals surface area contributed by atoms with E-state index < -0.39 is 0 Å². The molecule has 1 aliphatic heterocycles. The van der Waals surface area contributed by atoms with Crippen LogP contribution in [-0.4, -0.2) is 32.4 Å². The van der Waals surface area contributed by atoms with E-state index in [0.29, 0.717) is 46.0 Å². The van der Waals surface area contributed by atoms with Crippen LogP contribution in [0.25, 0.3) is 5.82 Å². The third kappa shape index (κ3) is 4.01. The Labute approximate surface area is 177 Å². The Kier molecular flexibility index (Phi) is 4.68. The fourth-order valence-corrected chi connectivity index (χ4v) is 3.07. The molecule has 1 amide bonds. The minimum Gasteiger partial charge on any atom is -0.454 e. The molecular formula is C22H17N5O4. The van der Waals surface area contributed by atoms with Gasteiger partial charge in [-0.05, 0) is 55.5 Å². The molecule has 4 aromatic rings. The van der Waals surface area contributed by atoms with Gasteiger partial charge in [-0.3, -0.25) is 4.79 Å². The molecule has 0 fully saturated rings. The molecule has 0 bridgehead atoms. The Morgan fingerprint density at radius 1 is 1.06 bits per heavy atom. The number of ether oxygens (including phenoxy) is 3. The summed E-state index contributed by atoms with van der Waals surface area (Å²) in [7, 11) is 0. The standard InChI is InChI=1S/C22H17N5O4/c1-14-24-20(27-10-2-9-23-27)12-21(25-14)31-17-6-4-16(5-7-17)26-22(28)15-3-8-18-19(11-15)30-13-29-18/h2-12H,13H2,1H3,(H,26,28). The lowest BCUT2D eigenvalue weighted by atomic mass is 10.2. The highest BCUT2D eigenvalue weighted by Gasteiger charge is 2.16. The first-order chi connectivity index (χ1) is 15.1. The lowest BCUT2D eigenvalue weighted by Gasteiger charge is -2.09. The molecule has 0 saturated heterocycles. The predicted molar refractivity (Wildman–Crippen MR) is 111 cm³/mol. The molecule has 5 rings (SSSR count). The number of carbonyl (C=O) groups is 1. The lowest BCUT2D eigenvalue weighted by molar-refractivity contribution is 0.102. The van der Waals surface area contributed by atoms with Crippen molar-refractivity contribution < 1.29 is 19.0 Å². The Morgan fingerprint density at radius 2 is 1.90 bits per heavy atom. The van der Waals surface area contributed by atoms with Crippen LogP contribution in [0.5, 0.6) is 23.1 Å². The van der Waals surface area contributed by atoms with E-state index in [2.05, 4.69) is 20.4 Å². The van der Waals surface area contributed by atoms with Crippen LogP contribution in [0.1, 0.15) is 16.2 Å². The van der Waals surface area contributed by atoms with E-state index in [1.165, 1.54) is 0 Å². The largest absolute Gasteiger partial charge is 0.454 e. The molecule has 154 valence electrons. The summed E-state index contributed by atoms with van der Waals surface area (Å²) >= 11 is 0. The number of nitrogens with zero attached hydrogens (tertiary/aromatic N) is 4. The van der Waals surface area contributed by atoms with E-state index in [-0.39, 0.29) is 12.7 Å². The topological polar surface area (TPSA) is 100 Å². The summed E-state index contributed by atoms with van der Waals surface area (Å²) in [5, 5.41) is 7.02. The molecule has 9 nitrogen and oxygen atoms in total. The summed E-state index contributed by atoms with van der Waals surface area (Å²) in [6, 6.07) is 15.6. The Morgan fingerprint density at radius 3 is 2.71 bits per heavy atom. The number of fused-ring (bicyclic) bond motifs is 1. The first-order valence-electron chi connectivity index (χ1n) is 9.49. The summed E-state index contributed by atoms with van der Waals surface area (Å²) in [6.07, 6.45) is 3.47. The van der Waals surface area contributed by atoms with Gasteiger partial charge in [-0.25, -0.2) is 9.67 Å². The van der Waals surface area contributed by atoms with E-state index >= 15 is 0 Å². The van der Waals surface area contributed by atoms with E-state index in [1.54, 1.807) is 72.5 Å². The number of hydrogen-bond donors (Lipinski definition) is 1. The monoisotopic (exact) mass is 415 g/mol. The second-order valence-corrected chi connectivity index (χ2v) is 6.71. The van der Waals surface area contributed by atoms with Crippen molar-refractivity contribution in [2.24, 2.45) is 0 Å². The number of carbonyl (C=O) groups excluding carboxylic acids is 1. The first-order valence-corrected chi connectivity index (χ1v) is 9.49. The average molecular weight is 415 g/mol. The van der Waals surface area contributed by atoms with Gasteiger partial charge in [0.25, 0.3) is 5.91 Å². The van der Waals surface area contributed by atoms with Crippen LogP contribution in [0.4, 0.5) is 5.69 Å². The van der Waals surface area contributed by atoms with E-state index in [9.17, 15) is 4.79 Å². The number of benzene rings is 2. The smallest absolute Gasteiger partial charge is 0.255 e. The van der Waals surface area contributed by atoms with Gasteiger partial charge in [-0.2, -0.15) is 10.1 Å². The molecule has 0 atom stereocenters. The van der Waals surface area contributed by atoms with Gasteiger partial charge in [0.05, 0.1) is 0 Å². The van der Waals surface area contributed by atoms with Crippen molar-refractivity contribution in [1.29, 1.82) is 0 Å². The highest BCUT2D eigenvalue weighted by Crippen LogP contribution is 2.32. The van der Waals surface area contributed by atoms with Crippen molar-refractivity contribution in [1.82, 2.24) is 19.7 Å². The number of hydrogen-bond acceptors (Lipinski definition) is 7. The van der Waals surface area contributed by atoms with Gasteiger partial charge in [-0.1, -0.05) is 0 Å². The molecule has 31 heavy (non-hydrogen) atoms. The van der Waals surface area contributed by atoms with Crippen molar-refractivity contribution in [2.75, 3.05) is 12.1 Å². The van der Waals surface area contributed by atoms with Gasteiger partial charge >= 0.3 is 0 Å². The number of aromatic nitrogens is 4. The van der Waals surface area contributed by atoms with Crippen LogP contribution in [0.3, 0.4) is 0 Å². The summed E-state index contributed by atoms with van der Waals surface area (Å²) in [6.45, 7) is 1.95. The number of anilines is 1. The van der Waals surface area contributed by atoms with Crippen molar-refractivity contribution in [3.63, 3.8) is 0 Å². The fraction of sp³-hybridized carbons (Fsp3) is 0.0909. The molecule has 1 aliphatic rings. The minimum atomic E-state index is -0.248. The van der Waals surface area contributed by atoms with Gasteiger partial charge in [-0.15, -0.1) is 0 Å². The highest BCUT2D eigenvalue weighted by molar-refractivity contribution is 6.04. The van der Waals surface area contributed by atoms with Crippen LogP contribution in [0, 0.1) is 6.92 Å². The summed E-state index contributed by atoms with van der Waals surface area (Å²) in [5.41, 5.74) is 1.11. The zero-order chi connectivity index (χ0) is 21.2. The number of aryl methyl sites for hydroxylation is 1. The maximum Gasteiger partial charge on any atom is 0.255 e. The van der Waals surface area contributed by atoms with Crippen molar-refractivity contribution in [3.05, 3.63) is 78.4 Å². The molecule has 0 spiro atoms. The van der Waals surface area contributed by atoms with Crippen LogP contribution >= 0.6 is 0 Å². The quantitative estimate of drug-likeness (QED) is 0.530. The molecule has 0 radical (unpaired) electrons. The number of rotatable bonds is 5. The second kappa shape index (κ2) is 7.79. The molecule has 0 aliphatic carbocycles. The van der Waals surface area contributed by atoms with Gasteiger partial charge in [0.15, 0.2) is 17.3 Å². The maximum atomic E-state index is 12.5. The molecule has 0 saturated carbocycles. The molecule has 3 heterocycles. The number of nitrogens with one attached hydrogen (secondary N) is 1. The Balaban J connectivity index is 1.28. The van der Waals surface area contributed by atoms with Gasteiger partial charge in [0.1, 0.15) is 11.6 Å². The van der Waals surface area contributed by atoms with Crippen molar-refractivity contribution >= 4 is 11.6 Å². The van der Waals surface area contributed by atoms with E-state index in [0.717, 1.165) is 0 Å².